The number of rotatable bonds is 4. The molecule has 8 heteroatoms. The average Bonchev–Trinajstić information content (AvgIpc) is 3.31. The van der Waals surface area contributed by atoms with Crippen LogP contribution in [0.4, 0.5) is 0 Å². The molecule has 2 N–H and O–H groups in total. The molecule has 1 saturated carbocycles. The zero-order valence-corrected chi connectivity index (χ0v) is 13.8. The second-order valence-corrected chi connectivity index (χ2v) is 7.18. The normalized spacial score (nSPS) is 18.6. The van der Waals surface area contributed by atoms with E-state index in [0.717, 1.165) is 25.9 Å². The summed E-state index contributed by atoms with van der Waals surface area (Å²) in [6, 6.07) is 6.34. The third kappa shape index (κ3) is 3.98. The molecule has 3 rings (SSSR count). The molecule has 1 amide bonds. The van der Waals surface area contributed by atoms with Gasteiger partial charge < -0.3 is 10.2 Å². The maximum Gasteiger partial charge on any atom is 0.253 e. The molecule has 0 unspecified atom stereocenters. The molecule has 2 fully saturated rings. The van der Waals surface area contributed by atoms with Gasteiger partial charge in [0.15, 0.2) is 0 Å². The molecular formula is C14H20ClN3O3S. The Balaban J connectivity index is 0.00000176. The van der Waals surface area contributed by atoms with Crippen LogP contribution in [0.3, 0.4) is 0 Å². The standard InChI is InChI=1S/C14H19N3O3S.ClH/c18-14(17-8-6-15-7-9-17)11-2-1-3-13(10-11)21(19,20)16-12-4-5-12;/h1-3,10,12,15-16H,4-9H2;1H. The van der Waals surface area contributed by atoms with Crippen LogP contribution in [0.25, 0.3) is 0 Å². The van der Waals surface area contributed by atoms with E-state index in [1.165, 1.54) is 12.1 Å². The molecule has 0 aromatic heterocycles. The number of halogens is 1. The third-order valence-electron chi connectivity index (χ3n) is 3.69. The van der Waals surface area contributed by atoms with E-state index in [1.807, 2.05) is 0 Å². The minimum atomic E-state index is -3.52. The van der Waals surface area contributed by atoms with Crippen molar-refractivity contribution in [2.75, 3.05) is 26.2 Å². The number of carbonyl (C=O) groups excluding carboxylic acids is 1. The first-order valence-electron chi connectivity index (χ1n) is 7.19. The molecule has 1 aromatic carbocycles. The fourth-order valence-corrected chi connectivity index (χ4v) is 3.69. The molecule has 2 aliphatic rings. The van der Waals surface area contributed by atoms with Crippen molar-refractivity contribution >= 4 is 28.3 Å². The zero-order chi connectivity index (χ0) is 14.9. The van der Waals surface area contributed by atoms with Crippen LogP contribution in [0.15, 0.2) is 29.2 Å². The molecule has 0 atom stereocenters. The van der Waals surface area contributed by atoms with Gasteiger partial charge in [0.1, 0.15) is 0 Å². The Kier molecular flexibility index (Phi) is 5.44. The zero-order valence-electron chi connectivity index (χ0n) is 12.1. The van der Waals surface area contributed by atoms with Gasteiger partial charge in [0.25, 0.3) is 5.91 Å². The van der Waals surface area contributed by atoms with Gasteiger partial charge in [-0.25, -0.2) is 13.1 Å². The largest absolute Gasteiger partial charge is 0.336 e. The van der Waals surface area contributed by atoms with E-state index < -0.39 is 10.0 Å². The Labute approximate surface area is 136 Å². The van der Waals surface area contributed by atoms with Crippen LogP contribution in [0.2, 0.25) is 0 Å². The van der Waals surface area contributed by atoms with Gasteiger partial charge in [-0.2, -0.15) is 0 Å². The summed E-state index contributed by atoms with van der Waals surface area (Å²) in [6.07, 6.45) is 1.78. The van der Waals surface area contributed by atoms with Crippen molar-refractivity contribution in [2.24, 2.45) is 0 Å². The summed E-state index contributed by atoms with van der Waals surface area (Å²) in [5.41, 5.74) is 0.426. The molecule has 0 bridgehead atoms. The lowest BCUT2D eigenvalue weighted by Gasteiger charge is -2.27. The van der Waals surface area contributed by atoms with E-state index in [2.05, 4.69) is 10.0 Å². The molecule has 122 valence electrons. The number of nitrogens with one attached hydrogen (secondary N) is 2. The lowest BCUT2D eigenvalue weighted by Crippen LogP contribution is -2.46. The van der Waals surface area contributed by atoms with Crippen LogP contribution in [0, 0.1) is 0 Å². The van der Waals surface area contributed by atoms with Gasteiger partial charge in [0.05, 0.1) is 4.90 Å². The number of nitrogens with zero attached hydrogens (tertiary/aromatic N) is 1. The minimum Gasteiger partial charge on any atom is -0.336 e. The lowest BCUT2D eigenvalue weighted by atomic mass is 10.2. The monoisotopic (exact) mass is 345 g/mol. The van der Waals surface area contributed by atoms with Gasteiger partial charge in [0, 0.05) is 37.8 Å². The summed E-state index contributed by atoms with van der Waals surface area (Å²) in [4.78, 5) is 14.3. The predicted octanol–water partition coefficient (Wildman–Crippen LogP) is 0.595. The third-order valence-corrected chi connectivity index (χ3v) is 5.21. The van der Waals surface area contributed by atoms with Crippen molar-refractivity contribution in [1.29, 1.82) is 0 Å². The van der Waals surface area contributed by atoms with Crippen LogP contribution in [0.1, 0.15) is 23.2 Å². The number of hydrogen-bond acceptors (Lipinski definition) is 4. The summed E-state index contributed by atoms with van der Waals surface area (Å²) in [5.74, 6) is -0.111. The molecule has 1 heterocycles. The van der Waals surface area contributed by atoms with E-state index >= 15 is 0 Å². The minimum absolute atomic E-state index is 0. The maximum atomic E-state index is 12.4. The highest BCUT2D eigenvalue weighted by molar-refractivity contribution is 7.89. The summed E-state index contributed by atoms with van der Waals surface area (Å²) in [6.45, 7) is 2.84. The molecule has 22 heavy (non-hydrogen) atoms. The van der Waals surface area contributed by atoms with Crippen molar-refractivity contribution in [1.82, 2.24) is 14.9 Å². The van der Waals surface area contributed by atoms with Crippen molar-refractivity contribution < 1.29 is 13.2 Å². The number of benzene rings is 1. The fraction of sp³-hybridized carbons (Fsp3) is 0.500. The van der Waals surface area contributed by atoms with Crippen molar-refractivity contribution in [3.8, 4) is 0 Å². The molecule has 0 spiro atoms. The van der Waals surface area contributed by atoms with Crippen LogP contribution in [-0.4, -0.2) is 51.4 Å². The van der Waals surface area contributed by atoms with E-state index in [0.29, 0.717) is 18.7 Å². The summed E-state index contributed by atoms with van der Waals surface area (Å²) in [7, 11) is -3.52. The molecule has 1 aliphatic carbocycles. The van der Waals surface area contributed by atoms with E-state index in [-0.39, 0.29) is 29.3 Å². The first kappa shape index (κ1) is 17.2. The predicted molar refractivity (Wildman–Crippen MR) is 85.8 cm³/mol. The molecule has 0 radical (unpaired) electrons. The van der Waals surface area contributed by atoms with Gasteiger partial charge in [-0.05, 0) is 31.0 Å². The molecule has 6 nitrogen and oxygen atoms in total. The Morgan fingerprint density at radius 2 is 1.91 bits per heavy atom. The summed E-state index contributed by atoms with van der Waals surface area (Å²) in [5, 5.41) is 3.19. The van der Waals surface area contributed by atoms with Gasteiger partial charge in [-0.1, -0.05) is 6.07 Å². The summed E-state index contributed by atoms with van der Waals surface area (Å²) < 4.78 is 27.0. The smallest absolute Gasteiger partial charge is 0.253 e. The van der Waals surface area contributed by atoms with E-state index in [4.69, 9.17) is 0 Å². The van der Waals surface area contributed by atoms with Gasteiger partial charge in [0.2, 0.25) is 10.0 Å². The average molecular weight is 346 g/mol. The summed E-state index contributed by atoms with van der Waals surface area (Å²) >= 11 is 0. The number of hydrogen-bond donors (Lipinski definition) is 2. The highest BCUT2D eigenvalue weighted by Gasteiger charge is 2.28. The van der Waals surface area contributed by atoms with Crippen molar-refractivity contribution in [3.63, 3.8) is 0 Å². The Morgan fingerprint density at radius 1 is 1.23 bits per heavy atom. The molecule has 1 aromatic rings. The second-order valence-electron chi connectivity index (χ2n) is 5.47. The molecule has 1 aliphatic heterocycles. The van der Waals surface area contributed by atoms with Gasteiger partial charge in [-0.15, -0.1) is 12.4 Å². The highest BCUT2D eigenvalue weighted by Crippen LogP contribution is 2.22. The van der Waals surface area contributed by atoms with Gasteiger partial charge in [-0.3, -0.25) is 4.79 Å². The molecule has 1 saturated heterocycles. The second kappa shape index (κ2) is 6.95. The Morgan fingerprint density at radius 3 is 2.55 bits per heavy atom. The van der Waals surface area contributed by atoms with Crippen LogP contribution in [-0.2, 0) is 10.0 Å². The lowest BCUT2D eigenvalue weighted by molar-refractivity contribution is 0.0735. The van der Waals surface area contributed by atoms with E-state index in [1.54, 1.807) is 17.0 Å². The van der Waals surface area contributed by atoms with Crippen LogP contribution < -0.4 is 10.0 Å². The quantitative estimate of drug-likeness (QED) is 0.837. The van der Waals surface area contributed by atoms with Crippen LogP contribution in [0.5, 0.6) is 0 Å². The maximum absolute atomic E-state index is 12.4. The fourth-order valence-electron chi connectivity index (χ4n) is 2.34. The number of sulfonamides is 1. The number of amides is 1. The van der Waals surface area contributed by atoms with Crippen molar-refractivity contribution in [3.05, 3.63) is 29.8 Å². The van der Waals surface area contributed by atoms with E-state index in [9.17, 15) is 13.2 Å². The van der Waals surface area contributed by atoms with Gasteiger partial charge >= 0.3 is 0 Å². The first-order valence-corrected chi connectivity index (χ1v) is 8.67. The Hall–Kier alpha value is -1.15. The SMILES string of the molecule is Cl.O=C(c1cccc(S(=O)(=O)NC2CC2)c1)N1CCNCC1. The number of piperazine rings is 1. The van der Waals surface area contributed by atoms with Crippen molar-refractivity contribution in [2.45, 2.75) is 23.8 Å². The number of carbonyl (C=O) groups is 1. The first-order chi connectivity index (χ1) is 10.1. The molecular weight excluding hydrogens is 326 g/mol. The Bertz CT molecular complexity index is 640. The highest BCUT2D eigenvalue weighted by atomic mass is 35.5. The van der Waals surface area contributed by atoms with Crippen LogP contribution >= 0.6 is 12.4 Å². The topological polar surface area (TPSA) is 78.5 Å².